The maximum absolute atomic E-state index is 13.2. The molecule has 1 N–H and O–H groups in total. The van der Waals surface area contributed by atoms with Gasteiger partial charge in [0, 0.05) is 17.1 Å². The molecule has 2 amide bonds. The third-order valence-electron chi connectivity index (χ3n) is 4.57. The summed E-state index contributed by atoms with van der Waals surface area (Å²) in [4.78, 5) is 27.7. The zero-order chi connectivity index (χ0) is 21.8. The average Bonchev–Trinajstić information content (AvgIpc) is 2.58. The number of carbonyl (C=O) groups is 2. The van der Waals surface area contributed by atoms with E-state index in [2.05, 4.69) is 11.4 Å². The molecule has 0 aliphatic carbocycles. The van der Waals surface area contributed by atoms with Gasteiger partial charge in [-0.3, -0.25) is 9.59 Å². The summed E-state index contributed by atoms with van der Waals surface area (Å²) in [5.41, 5.74) is 3.76. The normalized spacial score (nSPS) is 12.4. The lowest BCUT2D eigenvalue weighted by molar-refractivity contribution is -0.140. The number of amides is 2. The van der Waals surface area contributed by atoms with Crippen molar-refractivity contribution in [2.75, 3.05) is 0 Å². The minimum atomic E-state index is -0.594. The van der Waals surface area contributed by atoms with Gasteiger partial charge >= 0.3 is 0 Å². The summed E-state index contributed by atoms with van der Waals surface area (Å²) in [7, 11) is 0. The zero-order valence-electron chi connectivity index (χ0n) is 18.2. The van der Waals surface area contributed by atoms with Crippen molar-refractivity contribution in [3.8, 4) is 0 Å². The van der Waals surface area contributed by atoms with Gasteiger partial charge in [-0.25, -0.2) is 0 Å². The third kappa shape index (κ3) is 7.21. The summed E-state index contributed by atoms with van der Waals surface area (Å²) in [6.45, 7) is 11.9. The van der Waals surface area contributed by atoms with E-state index in [4.69, 9.17) is 11.6 Å². The molecule has 0 aromatic heterocycles. The van der Waals surface area contributed by atoms with Crippen molar-refractivity contribution < 1.29 is 9.59 Å². The molecule has 0 heterocycles. The molecule has 29 heavy (non-hydrogen) atoms. The van der Waals surface area contributed by atoms with Gasteiger partial charge in [0.05, 0.1) is 6.42 Å². The largest absolute Gasteiger partial charge is 0.350 e. The number of hydrogen-bond acceptors (Lipinski definition) is 2. The lowest BCUT2D eigenvalue weighted by Crippen LogP contribution is -2.52. The maximum Gasteiger partial charge on any atom is 0.242 e. The molecule has 0 unspecified atom stereocenters. The third-order valence-corrected chi connectivity index (χ3v) is 4.82. The van der Waals surface area contributed by atoms with Crippen LogP contribution in [-0.2, 0) is 22.6 Å². The SMILES string of the molecule is Cc1cc(C)cc(CC(=O)N(Cc2ccc(Cl)cc2)[C@@H](C)C(=O)NC(C)(C)C)c1. The monoisotopic (exact) mass is 414 g/mol. The number of nitrogens with zero attached hydrogens (tertiary/aromatic N) is 1. The Balaban J connectivity index is 2.27. The van der Waals surface area contributed by atoms with Gasteiger partial charge in [0.25, 0.3) is 0 Å². The predicted molar refractivity (Wildman–Crippen MR) is 119 cm³/mol. The molecule has 0 aliphatic rings. The molecule has 4 nitrogen and oxygen atoms in total. The highest BCUT2D eigenvalue weighted by Gasteiger charge is 2.28. The van der Waals surface area contributed by atoms with Crippen LogP contribution in [0.25, 0.3) is 0 Å². The van der Waals surface area contributed by atoms with Gasteiger partial charge in [0.15, 0.2) is 0 Å². The van der Waals surface area contributed by atoms with Crippen molar-refractivity contribution in [1.29, 1.82) is 0 Å². The second-order valence-corrected chi connectivity index (χ2v) is 9.17. The first-order valence-electron chi connectivity index (χ1n) is 9.88. The number of nitrogens with one attached hydrogen (secondary N) is 1. The lowest BCUT2D eigenvalue weighted by atomic mass is 10.0. The Hall–Kier alpha value is -2.33. The number of rotatable bonds is 6. The van der Waals surface area contributed by atoms with Crippen molar-refractivity contribution in [2.45, 2.75) is 66.1 Å². The molecular formula is C24H31ClN2O2. The number of halogens is 1. The molecule has 2 rings (SSSR count). The average molecular weight is 415 g/mol. The summed E-state index contributed by atoms with van der Waals surface area (Å²) < 4.78 is 0. The molecule has 156 valence electrons. The summed E-state index contributed by atoms with van der Waals surface area (Å²) >= 11 is 5.99. The summed E-state index contributed by atoms with van der Waals surface area (Å²) in [6, 6.07) is 12.9. The van der Waals surface area contributed by atoms with Gasteiger partial charge in [-0.2, -0.15) is 0 Å². The second-order valence-electron chi connectivity index (χ2n) is 8.74. The van der Waals surface area contributed by atoms with Crippen molar-refractivity contribution in [1.82, 2.24) is 10.2 Å². The van der Waals surface area contributed by atoms with Crippen molar-refractivity contribution >= 4 is 23.4 Å². The van der Waals surface area contributed by atoms with Gasteiger partial charge in [-0.05, 0) is 64.8 Å². The van der Waals surface area contributed by atoms with E-state index >= 15 is 0 Å². The van der Waals surface area contributed by atoms with Crippen LogP contribution in [0.4, 0.5) is 0 Å². The Morgan fingerprint density at radius 2 is 1.55 bits per heavy atom. The molecule has 2 aromatic carbocycles. The van der Waals surface area contributed by atoms with Crippen molar-refractivity contribution in [3.05, 3.63) is 69.7 Å². The summed E-state index contributed by atoms with van der Waals surface area (Å²) in [5.74, 6) is -0.248. The van der Waals surface area contributed by atoms with E-state index in [-0.39, 0.29) is 23.8 Å². The zero-order valence-corrected chi connectivity index (χ0v) is 18.9. The highest BCUT2D eigenvalue weighted by molar-refractivity contribution is 6.30. The van der Waals surface area contributed by atoms with Crippen LogP contribution in [-0.4, -0.2) is 28.3 Å². The number of benzene rings is 2. The fourth-order valence-corrected chi connectivity index (χ4v) is 3.42. The van der Waals surface area contributed by atoms with Gasteiger partial charge in [0.2, 0.25) is 11.8 Å². The highest BCUT2D eigenvalue weighted by Crippen LogP contribution is 2.17. The smallest absolute Gasteiger partial charge is 0.242 e. The molecule has 0 saturated heterocycles. The van der Waals surface area contributed by atoms with E-state index in [1.54, 1.807) is 24.0 Å². The Labute approximate surface area is 179 Å². The molecule has 0 spiro atoms. The van der Waals surface area contributed by atoms with Gasteiger partial charge < -0.3 is 10.2 Å². The molecule has 0 radical (unpaired) electrons. The minimum absolute atomic E-state index is 0.0819. The van der Waals surface area contributed by atoms with E-state index in [9.17, 15) is 9.59 Å². The molecule has 0 aliphatic heterocycles. The predicted octanol–water partition coefficient (Wildman–Crippen LogP) is 4.83. The quantitative estimate of drug-likeness (QED) is 0.735. The fraction of sp³-hybridized carbons (Fsp3) is 0.417. The highest BCUT2D eigenvalue weighted by atomic mass is 35.5. The van der Waals surface area contributed by atoms with E-state index < -0.39 is 6.04 Å². The second kappa shape index (κ2) is 9.45. The van der Waals surface area contributed by atoms with Crippen LogP contribution in [0.5, 0.6) is 0 Å². The van der Waals surface area contributed by atoms with Crippen molar-refractivity contribution in [2.24, 2.45) is 0 Å². The van der Waals surface area contributed by atoms with Gasteiger partial charge in [-0.1, -0.05) is 53.1 Å². The number of aryl methyl sites for hydroxylation is 2. The minimum Gasteiger partial charge on any atom is -0.350 e. The molecule has 0 saturated carbocycles. The first-order valence-corrected chi connectivity index (χ1v) is 10.3. The first-order chi connectivity index (χ1) is 13.4. The Morgan fingerprint density at radius 3 is 2.07 bits per heavy atom. The van der Waals surface area contributed by atoms with E-state index in [0.717, 1.165) is 22.3 Å². The van der Waals surface area contributed by atoms with Crippen LogP contribution in [0.2, 0.25) is 5.02 Å². The molecule has 0 bridgehead atoms. The standard InChI is InChI=1S/C24H31ClN2O2/c1-16-11-17(2)13-20(12-16)14-22(28)27(15-19-7-9-21(25)10-8-19)18(3)23(29)26-24(4,5)6/h7-13,18H,14-15H2,1-6H3,(H,26,29)/t18-/m0/s1. The van der Waals surface area contributed by atoms with Crippen LogP contribution >= 0.6 is 11.6 Å². The first kappa shape index (κ1) is 23.0. The van der Waals surface area contributed by atoms with Gasteiger partial charge in [-0.15, -0.1) is 0 Å². The number of carbonyl (C=O) groups excluding carboxylic acids is 2. The van der Waals surface area contributed by atoms with Crippen LogP contribution in [0.15, 0.2) is 42.5 Å². The Bertz CT molecular complexity index is 849. The van der Waals surface area contributed by atoms with Crippen LogP contribution < -0.4 is 5.32 Å². The Kier molecular flexibility index (Phi) is 7.48. The summed E-state index contributed by atoms with van der Waals surface area (Å²) in [6.07, 6.45) is 0.253. The van der Waals surface area contributed by atoms with Crippen molar-refractivity contribution in [3.63, 3.8) is 0 Å². The van der Waals surface area contributed by atoms with Crippen LogP contribution in [0, 0.1) is 13.8 Å². The van der Waals surface area contributed by atoms with Crippen LogP contribution in [0.1, 0.15) is 49.9 Å². The Morgan fingerprint density at radius 1 is 1.00 bits per heavy atom. The number of hydrogen-bond donors (Lipinski definition) is 1. The fourth-order valence-electron chi connectivity index (χ4n) is 3.29. The molecular weight excluding hydrogens is 384 g/mol. The molecule has 1 atom stereocenters. The maximum atomic E-state index is 13.2. The van der Waals surface area contributed by atoms with Crippen LogP contribution in [0.3, 0.4) is 0 Å². The molecule has 5 heteroatoms. The lowest BCUT2D eigenvalue weighted by Gasteiger charge is -2.31. The molecule has 0 fully saturated rings. The van der Waals surface area contributed by atoms with E-state index in [0.29, 0.717) is 11.6 Å². The van der Waals surface area contributed by atoms with E-state index in [1.807, 2.05) is 58.9 Å². The van der Waals surface area contributed by atoms with Gasteiger partial charge in [0.1, 0.15) is 6.04 Å². The van der Waals surface area contributed by atoms with E-state index in [1.165, 1.54) is 0 Å². The summed E-state index contributed by atoms with van der Waals surface area (Å²) in [5, 5.41) is 3.62. The topological polar surface area (TPSA) is 49.4 Å². The molecule has 2 aromatic rings.